The minimum absolute atomic E-state index is 0.00621. The van der Waals surface area contributed by atoms with Crippen LogP contribution in [0.2, 0.25) is 5.02 Å². The van der Waals surface area contributed by atoms with Gasteiger partial charge in [-0.3, -0.25) is 18.9 Å². The van der Waals surface area contributed by atoms with E-state index in [4.69, 9.17) is 46.2 Å². The molecule has 14 nitrogen and oxygen atoms in total. The zero-order chi connectivity index (χ0) is 50.4. The number of hydrogen-bond donors (Lipinski definition) is 1. The number of nitrogens with one attached hydrogen (secondary N) is 1. The van der Waals surface area contributed by atoms with Crippen LogP contribution in [-0.2, 0) is 44.8 Å². The van der Waals surface area contributed by atoms with Gasteiger partial charge in [0.2, 0.25) is 12.5 Å². The second-order valence-corrected chi connectivity index (χ2v) is 22.3. The van der Waals surface area contributed by atoms with Gasteiger partial charge in [0.1, 0.15) is 23.1 Å². The summed E-state index contributed by atoms with van der Waals surface area (Å²) >= 11 is 7.33. The molecule has 2 atom stereocenters. The van der Waals surface area contributed by atoms with E-state index in [0.29, 0.717) is 52.5 Å². The van der Waals surface area contributed by atoms with E-state index in [1.54, 1.807) is 96.1 Å². The van der Waals surface area contributed by atoms with Crippen LogP contribution in [0.4, 0.5) is 0 Å². The van der Waals surface area contributed by atoms with E-state index >= 15 is 0 Å². The zero-order valence-electron chi connectivity index (χ0n) is 41.1. The minimum Gasteiger partial charge on any atom is -0.455 e. The number of benzene rings is 4. The van der Waals surface area contributed by atoms with Crippen LogP contribution in [-0.4, -0.2) is 66.9 Å². The molecule has 1 N–H and O–H groups in total. The number of esters is 3. The highest BCUT2D eigenvalue weighted by atomic mass is 35.5. The zero-order valence-corrected chi connectivity index (χ0v) is 43.6. The molecule has 1 spiro atoms. The van der Waals surface area contributed by atoms with Gasteiger partial charge in [0.25, 0.3) is 8.53 Å². The quantitative estimate of drug-likeness (QED) is 0.0294. The summed E-state index contributed by atoms with van der Waals surface area (Å²) in [5.41, 5.74) is -1.92. The van der Waals surface area contributed by atoms with Crippen molar-refractivity contribution in [1.82, 2.24) is 9.99 Å². The third-order valence-electron chi connectivity index (χ3n) is 11.6. The van der Waals surface area contributed by atoms with E-state index in [2.05, 4.69) is 42.5 Å². The molecule has 0 radical (unpaired) electrons. The molecule has 0 fully saturated rings. The number of halogens is 1. The van der Waals surface area contributed by atoms with Gasteiger partial charge in [-0.05, 0) is 124 Å². The molecule has 0 aliphatic carbocycles. The van der Waals surface area contributed by atoms with Gasteiger partial charge >= 0.3 is 17.9 Å². The monoisotopic (exact) mass is 1000 g/mol. The summed E-state index contributed by atoms with van der Waals surface area (Å²) in [5.74, 6) is -1.65. The molecule has 6 rings (SSSR count). The Morgan fingerprint density at radius 2 is 1.52 bits per heavy atom. The Morgan fingerprint density at radius 3 is 2.17 bits per heavy atom. The van der Waals surface area contributed by atoms with Crippen molar-refractivity contribution >= 4 is 68.5 Å². The Kier molecular flexibility index (Phi) is 17.3. The average Bonchev–Trinajstić information content (AvgIpc) is 3.57. The molecule has 2 heterocycles. The maximum absolute atomic E-state index is 14.1. The number of hydrogen-bond acceptors (Lipinski definition) is 12. The van der Waals surface area contributed by atoms with Gasteiger partial charge < -0.3 is 38.2 Å². The van der Waals surface area contributed by atoms with Gasteiger partial charge in [-0.25, -0.2) is 16.0 Å². The van der Waals surface area contributed by atoms with Crippen LogP contribution in [0.3, 0.4) is 0 Å². The second-order valence-electron chi connectivity index (χ2n) is 19.7. The Hall–Kier alpha value is -4.99. The van der Waals surface area contributed by atoms with E-state index in [9.17, 15) is 23.7 Å². The van der Waals surface area contributed by atoms with Crippen molar-refractivity contribution in [1.29, 1.82) is 0 Å². The second kappa shape index (κ2) is 22.4. The predicted molar refractivity (Wildman–Crippen MR) is 267 cm³/mol. The lowest BCUT2D eigenvalue weighted by Crippen LogP contribution is -2.34. The summed E-state index contributed by atoms with van der Waals surface area (Å²) in [4.78, 5) is 57.9. The van der Waals surface area contributed by atoms with Crippen molar-refractivity contribution < 1.29 is 51.7 Å². The Bertz CT molecular complexity index is 2650. The summed E-state index contributed by atoms with van der Waals surface area (Å²) < 4.78 is 52.2. The van der Waals surface area contributed by atoms with Crippen LogP contribution < -0.4 is 24.8 Å². The highest BCUT2D eigenvalue weighted by Crippen LogP contribution is 2.62. The predicted octanol–water partition coefficient (Wildman–Crippen LogP) is 11.8. The Balaban J connectivity index is 1.29. The van der Waals surface area contributed by atoms with Crippen LogP contribution in [0.1, 0.15) is 134 Å². The number of carbonyl (C=O) groups is 4. The van der Waals surface area contributed by atoms with Crippen LogP contribution in [0, 0.1) is 17.4 Å². The number of unbranched alkanes of at least 4 members (excludes halogenated alkanes) is 3. The van der Waals surface area contributed by atoms with Crippen molar-refractivity contribution in [3.63, 3.8) is 0 Å². The first-order valence-electron chi connectivity index (χ1n) is 23.3. The largest absolute Gasteiger partial charge is 0.455 e. The third-order valence-corrected chi connectivity index (χ3v) is 14.6. The summed E-state index contributed by atoms with van der Waals surface area (Å²) in [6.07, 6.45) is 3.36. The van der Waals surface area contributed by atoms with Gasteiger partial charge in [0, 0.05) is 52.9 Å². The minimum atomic E-state index is -1.77. The van der Waals surface area contributed by atoms with Crippen molar-refractivity contribution in [2.45, 2.75) is 125 Å². The standard InChI is InChI=1S/C52H62ClN3O11P2/c1-31(2)56(32(3)4)69(63-27-25-54-11)62-26-17-13-12-16-24-55-42(57)23-20-33-28-39-46(44(53)45(33)66-49(60)51(8,9)10)64-41-30-40(65-48(59)50(5,6)7)35-18-14-15-19-36(35)43(41)52(39)38-29-34(68-61)21-22-37(38)47(58)67-52/h14-15,18-19,21-22,28-32H,12-13,16-17,20,23-27H2,1-10H3,(H,55,57). The molecular formula is C52H62ClN3O11P2. The number of aryl methyl sites for hydroxylation is 1. The molecule has 4 aromatic rings. The van der Waals surface area contributed by atoms with Gasteiger partial charge in [-0.1, -0.05) is 48.7 Å². The van der Waals surface area contributed by atoms with Crippen LogP contribution in [0.15, 0.2) is 54.6 Å². The molecule has 17 heteroatoms. The van der Waals surface area contributed by atoms with Gasteiger partial charge in [0.15, 0.2) is 25.6 Å². The summed E-state index contributed by atoms with van der Waals surface area (Å²) in [5, 5.41) is 4.35. The summed E-state index contributed by atoms with van der Waals surface area (Å²) in [6, 6.07) is 15.6. The molecule has 2 aliphatic heterocycles. The van der Waals surface area contributed by atoms with Gasteiger partial charge in [-0.2, -0.15) is 0 Å². The first kappa shape index (κ1) is 53.4. The van der Waals surface area contributed by atoms with E-state index in [0.717, 1.165) is 25.7 Å². The number of rotatable bonds is 20. The number of ether oxygens (including phenoxy) is 4. The maximum Gasteiger partial charge on any atom is 0.340 e. The highest BCUT2D eigenvalue weighted by molar-refractivity contribution is 7.44. The SMILES string of the molecule is [C-]#[N+]CCOP(OCCCCCCNC(=O)CCc1cc2c(c(Cl)c1OC(=O)C(C)(C)C)Oc1cc(OC(=O)C(C)(C)C)c3ccccc3c1C21OC(=O)c2ccc(P=O)cc21)N(C(C)C)C(C)C. The van der Waals surface area contributed by atoms with Crippen LogP contribution >= 0.6 is 28.6 Å². The van der Waals surface area contributed by atoms with Crippen molar-refractivity contribution in [3.05, 3.63) is 98.9 Å². The third kappa shape index (κ3) is 11.8. The molecule has 368 valence electrons. The first-order chi connectivity index (χ1) is 32.6. The van der Waals surface area contributed by atoms with Crippen molar-refractivity contribution in [2.75, 3.05) is 26.3 Å². The fraction of sp³-hybridized carbons (Fsp3) is 0.481. The lowest BCUT2D eigenvalue weighted by molar-refractivity contribution is -0.143. The molecule has 0 aromatic heterocycles. The lowest BCUT2D eigenvalue weighted by atomic mass is 9.75. The Labute approximate surface area is 413 Å². The van der Waals surface area contributed by atoms with Gasteiger partial charge in [0.05, 0.1) is 28.6 Å². The van der Waals surface area contributed by atoms with Gasteiger partial charge in [-0.15, -0.1) is 0 Å². The molecule has 2 aliphatic rings. The molecule has 1 amide bonds. The normalized spacial score (nSPS) is 15.7. The lowest BCUT2D eigenvalue weighted by Gasteiger charge is -2.38. The number of fused-ring (bicyclic) bond motifs is 8. The smallest absolute Gasteiger partial charge is 0.340 e. The summed E-state index contributed by atoms with van der Waals surface area (Å²) in [7, 11) is -1.60. The fourth-order valence-electron chi connectivity index (χ4n) is 8.20. The maximum atomic E-state index is 14.1. The number of amides is 1. The fourth-order valence-corrected chi connectivity index (χ4v) is 10.4. The molecule has 0 saturated heterocycles. The highest BCUT2D eigenvalue weighted by Gasteiger charge is 2.56. The molecule has 0 bridgehead atoms. The van der Waals surface area contributed by atoms with E-state index < -0.39 is 42.9 Å². The van der Waals surface area contributed by atoms with Crippen molar-refractivity contribution in [3.8, 4) is 23.0 Å². The number of carbonyl (C=O) groups excluding carboxylic acids is 4. The summed E-state index contributed by atoms with van der Waals surface area (Å²) in [6.45, 7) is 27.4. The molecule has 0 saturated carbocycles. The average molecular weight is 1000 g/mol. The molecular weight excluding hydrogens is 940 g/mol. The van der Waals surface area contributed by atoms with E-state index in [1.165, 1.54) is 0 Å². The molecule has 2 unspecified atom stereocenters. The van der Waals surface area contributed by atoms with Crippen molar-refractivity contribution in [2.24, 2.45) is 10.8 Å². The first-order valence-corrected chi connectivity index (χ1v) is 25.7. The number of nitrogens with zero attached hydrogens (tertiary/aromatic N) is 2. The van der Waals surface area contributed by atoms with Crippen LogP contribution in [0.5, 0.6) is 23.0 Å². The van der Waals surface area contributed by atoms with Crippen LogP contribution in [0.25, 0.3) is 15.6 Å². The van der Waals surface area contributed by atoms with E-state index in [-0.39, 0.29) is 85.0 Å². The topological polar surface area (TPSA) is 160 Å². The molecule has 69 heavy (non-hydrogen) atoms. The molecule has 4 aromatic carbocycles. The Morgan fingerprint density at radius 1 is 0.870 bits per heavy atom. The van der Waals surface area contributed by atoms with E-state index in [1.807, 2.05) is 0 Å².